The van der Waals surface area contributed by atoms with Gasteiger partial charge in [0.2, 0.25) is 5.95 Å². The molecule has 31 heavy (non-hydrogen) atoms. The Morgan fingerprint density at radius 1 is 1.29 bits per heavy atom. The zero-order valence-electron chi connectivity index (χ0n) is 16.1. The predicted octanol–water partition coefficient (Wildman–Crippen LogP) is 3.88. The van der Waals surface area contributed by atoms with Crippen molar-refractivity contribution in [2.24, 2.45) is 0 Å². The lowest BCUT2D eigenvalue weighted by molar-refractivity contribution is 0.0696. The van der Waals surface area contributed by atoms with Crippen LogP contribution in [0.1, 0.15) is 27.0 Å². The second-order valence-corrected chi connectivity index (χ2v) is 8.50. The van der Waals surface area contributed by atoms with Gasteiger partial charge in [-0.15, -0.1) is 11.3 Å². The first-order valence-electron chi connectivity index (χ1n) is 9.34. The molecule has 3 aromatic heterocycles. The lowest BCUT2D eigenvalue weighted by atomic mass is 10.1. The second-order valence-electron chi connectivity index (χ2n) is 7.09. The molecular formula is C20H15ClN6O3S. The quantitative estimate of drug-likeness (QED) is 0.343. The summed E-state index contributed by atoms with van der Waals surface area (Å²) in [6.45, 7) is 2.59. The Balaban J connectivity index is 1.55. The number of nitrogens with one attached hydrogen (secondary N) is 3. The molecule has 1 aromatic carbocycles. The first-order valence-corrected chi connectivity index (χ1v) is 10.5. The van der Waals surface area contributed by atoms with Crippen molar-refractivity contribution in [2.45, 2.75) is 13.0 Å². The van der Waals surface area contributed by atoms with Crippen molar-refractivity contribution >= 4 is 73.3 Å². The molecule has 0 bridgehead atoms. The summed E-state index contributed by atoms with van der Waals surface area (Å²) in [5, 5.41) is 20.1. The Morgan fingerprint density at radius 3 is 2.90 bits per heavy atom. The van der Waals surface area contributed by atoms with E-state index in [-0.39, 0.29) is 28.6 Å². The van der Waals surface area contributed by atoms with Gasteiger partial charge >= 0.3 is 5.97 Å². The molecule has 11 heteroatoms. The van der Waals surface area contributed by atoms with Gasteiger partial charge in [-0.05, 0) is 31.2 Å². The number of carbonyl (C=O) groups is 2. The van der Waals surface area contributed by atoms with E-state index in [1.54, 1.807) is 6.07 Å². The van der Waals surface area contributed by atoms with Crippen LogP contribution in [-0.4, -0.2) is 44.5 Å². The monoisotopic (exact) mass is 454 g/mol. The highest BCUT2D eigenvalue weighted by Crippen LogP contribution is 2.41. The number of carbonyl (C=O) groups excluding carboxylic acids is 1. The molecule has 9 nitrogen and oxygen atoms in total. The average molecular weight is 455 g/mol. The van der Waals surface area contributed by atoms with Crippen molar-refractivity contribution in [3.8, 4) is 0 Å². The number of hydrogen-bond donors (Lipinski definition) is 4. The summed E-state index contributed by atoms with van der Waals surface area (Å²) < 4.78 is 0.997. The van der Waals surface area contributed by atoms with E-state index in [0.717, 1.165) is 32.9 Å². The predicted molar refractivity (Wildman–Crippen MR) is 120 cm³/mol. The second kappa shape index (κ2) is 7.33. The van der Waals surface area contributed by atoms with Crippen LogP contribution in [0.15, 0.2) is 30.5 Å². The van der Waals surface area contributed by atoms with Gasteiger partial charge in [0.25, 0.3) is 5.91 Å². The van der Waals surface area contributed by atoms with Crippen LogP contribution in [0.3, 0.4) is 0 Å². The van der Waals surface area contributed by atoms with Gasteiger partial charge in [-0.1, -0.05) is 11.6 Å². The normalized spacial score (nSPS) is 15.8. The Bertz CT molecular complexity index is 1390. The summed E-state index contributed by atoms with van der Waals surface area (Å²) in [7, 11) is 0. The minimum absolute atomic E-state index is 0.0328. The van der Waals surface area contributed by atoms with E-state index in [1.165, 1.54) is 11.3 Å². The van der Waals surface area contributed by atoms with Gasteiger partial charge in [-0.25, -0.2) is 14.8 Å². The molecule has 4 N–H and O–H groups in total. The topological polar surface area (TPSA) is 129 Å². The number of benzene rings is 1. The number of halogens is 1. The molecule has 1 aliphatic rings. The number of carboxylic acids is 1. The number of fused-ring (bicyclic) bond motifs is 5. The van der Waals surface area contributed by atoms with E-state index >= 15 is 0 Å². The molecule has 0 saturated carbocycles. The van der Waals surface area contributed by atoms with E-state index in [9.17, 15) is 9.59 Å². The van der Waals surface area contributed by atoms with Crippen LogP contribution in [0, 0.1) is 0 Å². The van der Waals surface area contributed by atoms with Crippen LogP contribution in [0.2, 0.25) is 5.15 Å². The third-order valence-electron chi connectivity index (χ3n) is 4.90. The molecule has 5 rings (SSSR count). The van der Waals surface area contributed by atoms with Crippen LogP contribution < -0.4 is 16.0 Å². The number of rotatable bonds is 3. The number of carboxylic acid groups (broad SMARTS) is 1. The van der Waals surface area contributed by atoms with Crippen LogP contribution in [0.4, 0.5) is 17.5 Å². The Morgan fingerprint density at radius 2 is 2.13 bits per heavy atom. The van der Waals surface area contributed by atoms with E-state index < -0.39 is 5.97 Å². The molecule has 0 radical (unpaired) electrons. The van der Waals surface area contributed by atoms with Crippen LogP contribution in [0.5, 0.6) is 0 Å². The highest BCUT2D eigenvalue weighted by atomic mass is 35.5. The van der Waals surface area contributed by atoms with E-state index in [2.05, 4.69) is 30.9 Å². The molecule has 0 saturated heterocycles. The zero-order chi connectivity index (χ0) is 21.7. The maximum atomic E-state index is 12.5. The summed E-state index contributed by atoms with van der Waals surface area (Å²) in [6.07, 6.45) is 1.14. The number of pyridine rings is 1. The molecule has 4 heterocycles. The molecule has 4 aromatic rings. The molecule has 156 valence electrons. The first kappa shape index (κ1) is 19.5. The average Bonchev–Trinajstić information content (AvgIpc) is 3.04. The number of aromatic nitrogens is 3. The summed E-state index contributed by atoms with van der Waals surface area (Å²) in [5.41, 5.74) is 1.38. The van der Waals surface area contributed by atoms with Gasteiger partial charge < -0.3 is 21.1 Å². The summed E-state index contributed by atoms with van der Waals surface area (Å²) in [5.74, 6) is -0.658. The SMILES string of the molecule is CC1CNc2c(sc3ccc4nc(Nc5ncc(C(=O)O)c(Cl)n5)ccc4c23)C(=O)N1. The maximum Gasteiger partial charge on any atom is 0.340 e. The standard InChI is InChI=1S/C20H15ClN6O3S/c1-8-6-22-15-14-9-2-5-13(26-20-23-7-10(19(29)30)17(21)27-20)25-11(9)3-4-12(14)31-16(15)18(28)24-8/h2-5,7-8,22H,6H2,1H3,(H,24,28)(H,29,30)(H,23,25,26,27). The van der Waals surface area contributed by atoms with Gasteiger partial charge in [-0.2, -0.15) is 4.98 Å². The fraction of sp³-hybridized carbons (Fsp3) is 0.150. The highest BCUT2D eigenvalue weighted by Gasteiger charge is 2.24. The van der Waals surface area contributed by atoms with E-state index in [4.69, 9.17) is 16.7 Å². The van der Waals surface area contributed by atoms with Crippen molar-refractivity contribution in [3.63, 3.8) is 0 Å². The molecule has 1 atom stereocenters. The van der Waals surface area contributed by atoms with Crippen molar-refractivity contribution in [2.75, 3.05) is 17.2 Å². The zero-order valence-corrected chi connectivity index (χ0v) is 17.6. The third-order valence-corrected chi connectivity index (χ3v) is 6.35. The van der Waals surface area contributed by atoms with Crippen molar-refractivity contribution in [1.29, 1.82) is 0 Å². The van der Waals surface area contributed by atoms with E-state index in [1.807, 2.05) is 25.1 Å². The summed E-state index contributed by atoms with van der Waals surface area (Å²) in [6, 6.07) is 7.56. The number of amides is 1. The molecule has 1 aliphatic heterocycles. The Labute approximate surface area is 184 Å². The van der Waals surface area contributed by atoms with Gasteiger partial charge in [0.1, 0.15) is 21.4 Å². The van der Waals surface area contributed by atoms with Crippen LogP contribution in [0.25, 0.3) is 21.0 Å². The number of nitrogens with zero attached hydrogens (tertiary/aromatic N) is 3. The van der Waals surface area contributed by atoms with Gasteiger partial charge in [0, 0.05) is 34.3 Å². The molecular weight excluding hydrogens is 440 g/mol. The van der Waals surface area contributed by atoms with Gasteiger partial charge in [0.15, 0.2) is 0 Å². The highest BCUT2D eigenvalue weighted by molar-refractivity contribution is 7.21. The molecule has 0 spiro atoms. The van der Waals surface area contributed by atoms with Crippen LogP contribution >= 0.6 is 22.9 Å². The lowest BCUT2D eigenvalue weighted by Crippen LogP contribution is -2.34. The Hall–Kier alpha value is -3.50. The van der Waals surface area contributed by atoms with Crippen molar-refractivity contribution in [3.05, 3.63) is 46.1 Å². The molecule has 1 unspecified atom stereocenters. The minimum atomic E-state index is -1.20. The molecule has 0 aliphatic carbocycles. The Kier molecular flexibility index (Phi) is 4.60. The van der Waals surface area contributed by atoms with Gasteiger partial charge in [-0.3, -0.25) is 4.79 Å². The smallest absolute Gasteiger partial charge is 0.340 e. The maximum absolute atomic E-state index is 12.5. The molecule has 0 fully saturated rings. The number of thiophene rings is 1. The van der Waals surface area contributed by atoms with Gasteiger partial charge in [0.05, 0.1) is 11.2 Å². The number of anilines is 3. The van der Waals surface area contributed by atoms with Crippen LogP contribution in [-0.2, 0) is 0 Å². The summed E-state index contributed by atoms with van der Waals surface area (Å²) >= 11 is 7.36. The largest absolute Gasteiger partial charge is 0.478 e. The van der Waals surface area contributed by atoms with E-state index in [0.29, 0.717) is 17.2 Å². The lowest BCUT2D eigenvalue weighted by Gasteiger charge is -2.10. The minimum Gasteiger partial charge on any atom is -0.478 e. The number of hydrogen-bond acceptors (Lipinski definition) is 8. The molecule has 1 amide bonds. The summed E-state index contributed by atoms with van der Waals surface area (Å²) in [4.78, 5) is 36.8. The third kappa shape index (κ3) is 3.39. The number of aromatic carboxylic acids is 1. The first-order chi connectivity index (χ1) is 14.9. The van der Waals surface area contributed by atoms with Crippen molar-refractivity contribution in [1.82, 2.24) is 20.3 Å². The van der Waals surface area contributed by atoms with Crippen molar-refractivity contribution < 1.29 is 14.7 Å². The fourth-order valence-corrected chi connectivity index (χ4v) is 4.78. The fourth-order valence-electron chi connectivity index (χ4n) is 3.47.